The highest BCUT2D eigenvalue weighted by molar-refractivity contribution is 7.91. The van der Waals surface area contributed by atoms with Crippen LogP contribution in [0.5, 0.6) is 0 Å². The van der Waals surface area contributed by atoms with Crippen molar-refractivity contribution in [3.8, 4) is 6.07 Å². The molecule has 1 atom stereocenters. The van der Waals surface area contributed by atoms with Crippen molar-refractivity contribution >= 4 is 15.5 Å². The Morgan fingerprint density at radius 3 is 2.38 bits per heavy atom. The molecule has 1 unspecified atom stereocenters. The molecule has 5 heteroatoms. The second kappa shape index (κ2) is 4.99. The lowest BCUT2D eigenvalue weighted by Crippen LogP contribution is -2.12. The summed E-state index contributed by atoms with van der Waals surface area (Å²) in [5, 5.41) is 11.5. The van der Waals surface area contributed by atoms with Gasteiger partial charge in [0.2, 0.25) is 0 Å². The van der Waals surface area contributed by atoms with Crippen molar-refractivity contribution in [2.24, 2.45) is 0 Å². The Hall–Kier alpha value is -1.54. The molecule has 1 N–H and O–H groups in total. The van der Waals surface area contributed by atoms with Crippen LogP contribution < -0.4 is 5.32 Å². The molecule has 0 saturated heterocycles. The Balaban J connectivity index is 2.89. The maximum Gasteiger partial charge on any atom is 0.178 e. The smallest absolute Gasteiger partial charge is 0.178 e. The van der Waals surface area contributed by atoms with Crippen molar-refractivity contribution in [2.75, 3.05) is 11.1 Å². The fourth-order valence-corrected chi connectivity index (χ4v) is 2.09. The Bertz CT molecular complexity index is 486. The Labute approximate surface area is 95.8 Å². The van der Waals surface area contributed by atoms with Crippen LogP contribution in [-0.2, 0) is 9.84 Å². The van der Waals surface area contributed by atoms with E-state index in [1.165, 1.54) is 0 Å². The molecule has 0 amide bonds. The monoisotopic (exact) mass is 238 g/mol. The van der Waals surface area contributed by atoms with Crippen LogP contribution in [0.2, 0.25) is 0 Å². The second-order valence-corrected chi connectivity index (χ2v) is 5.70. The molecule has 0 aliphatic carbocycles. The molecule has 1 rings (SSSR count). The zero-order valence-corrected chi connectivity index (χ0v) is 10.1. The first-order valence-electron chi connectivity index (χ1n) is 4.98. The van der Waals surface area contributed by atoms with Crippen molar-refractivity contribution in [3.63, 3.8) is 0 Å². The van der Waals surface area contributed by atoms with Gasteiger partial charge in [-0.2, -0.15) is 5.26 Å². The average Bonchev–Trinajstić information content (AvgIpc) is 2.29. The van der Waals surface area contributed by atoms with Crippen molar-refractivity contribution in [1.82, 2.24) is 0 Å². The number of hydrogen-bond donors (Lipinski definition) is 1. The minimum Gasteiger partial charge on any atom is -0.370 e. The largest absolute Gasteiger partial charge is 0.370 e. The number of nitrogens with one attached hydrogen (secondary N) is 1. The van der Waals surface area contributed by atoms with E-state index in [2.05, 4.69) is 5.32 Å². The van der Waals surface area contributed by atoms with Crippen LogP contribution in [0.25, 0.3) is 0 Å². The van der Waals surface area contributed by atoms with Gasteiger partial charge in [-0.15, -0.1) is 0 Å². The quantitative estimate of drug-likeness (QED) is 0.868. The summed E-state index contributed by atoms with van der Waals surface area (Å²) in [5.74, 6) is 0.0916. The topological polar surface area (TPSA) is 70.0 Å². The zero-order chi connectivity index (χ0) is 12.2. The fourth-order valence-electron chi connectivity index (χ4n) is 1.21. The van der Waals surface area contributed by atoms with E-state index in [0.29, 0.717) is 4.90 Å². The molecule has 86 valence electrons. The minimum atomic E-state index is -3.14. The highest BCUT2D eigenvalue weighted by Gasteiger charge is 2.10. The van der Waals surface area contributed by atoms with E-state index in [4.69, 9.17) is 5.26 Å². The molecule has 4 nitrogen and oxygen atoms in total. The van der Waals surface area contributed by atoms with Crippen LogP contribution in [0.3, 0.4) is 0 Å². The molecule has 0 aromatic heterocycles. The van der Waals surface area contributed by atoms with Crippen LogP contribution in [-0.4, -0.2) is 20.2 Å². The van der Waals surface area contributed by atoms with Gasteiger partial charge in [0.1, 0.15) is 6.04 Å². The number of benzene rings is 1. The number of nitrogens with zero attached hydrogens (tertiary/aromatic N) is 1. The molecule has 0 aliphatic rings. The molecular weight excluding hydrogens is 224 g/mol. The van der Waals surface area contributed by atoms with Gasteiger partial charge in [-0.25, -0.2) is 8.42 Å². The van der Waals surface area contributed by atoms with Gasteiger partial charge >= 0.3 is 0 Å². The predicted octanol–water partition coefficient (Wildman–Crippen LogP) is 1.80. The summed E-state index contributed by atoms with van der Waals surface area (Å²) in [4.78, 5) is 0.310. The lowest BCUT2D eigenvalue weighted by Gasteiger charge is -2.08. The van der Waals surface area contributed by atoms with Crippen molar-refractivity contribution in [1.29, 1.82) is 5.26 Å². The Morgan fingerprint density at radius 1 is 1.38 bits per heavy atom. The molecule has 1 aromatic rings. The van der Waals surface area contributed by atoms with Crippen LogP contribution in [0, 0.1) is 11.3 Å². The number of rotatable bonds is 4. The predicted molar refractivity (Wildman–Crippen MR) is 62.9 cm³/mol. The summed E-state index contributed by atoms with van der Waals surface area (Å²) in [7, 11) is -3.14. The molecule has 0 spiro atoms. The highest BCUT2D eigenvalue weighted by Crippen LogP contribution is 2.15. The summed E-state index contributed by atoms with van der Waals surface area (Å²) < 4.78 is 23.0. The van der Waals surface area contributed by atoms with Crippen LogP contribution in [0.1, 0.15) is 13.8 Å². The fraction of sp³-hybridized carbons (Fsp3) is 0.364. The lowest BCUT2D eigenvalue weighted by atomic mass is 10.3. The maximum atomic E-state index is 11.5. The second-order valence-electron chi connectivity index (χ2n) is 3.42. The van der Waals surface area contributed by atoms with Gasteiger partial charge in [0.15, 0.2) is 9.84 Å². The minimum absolute atomic E-state index is 0.0916. The van der Waals surface area contributed by atoms with Gasteiger partial charge in [-0.1, -0.05) is 6.92 Å². The molecule has 0 bridgehead atoms. The third-order valence-corrected chi connectivity index (χ3v) is 3.92. The molecule has 0 radical (unpaired) electrons. The van der Waals surface area contributed by atoms with Gasteiger partial charge in [0.25, 0.3) is 0 Å². The summed E-state index contributed by atoms with van der Waals surface area (Å²) in [6.07, 6.45) is 0. The number of sulfone groups is 1. The number of anilines is 1. The molecule has 16 heavy (non-hydrogen) atoms. The summed E-state index contributed by atoms with van der Waals surface area (Å²) >= 11 is 0. The van der Waals surface area contributed by atoms with E-state index >= 15 is 0 Å². The van der Waals surface area contributed by atoms with E-state index in [1.54, 1.807) is 38.1 Å². The van der Waals surface area contributed by atoms with Crippen molar-refractivity contribution in [2.45, 2.75) is 24.8 Å². The van der Waals surface area contributed by atoms with Gasteiger partial charge in [-0.05, 0) is 31.2 Å². The third-order valence-electron chi connectivity index (χ3n) is 2.17. The first-order chi connectivity index (χ1) is 7.49. The van der Waals surface area contributed by atoms with E-state index in [0.717, 1.165) is 5.69 Å². The van der Waals surface area contributed by atoms with Gasteiger partial charge < -0.3 is 5.32 Å². The van der Waals surface area contributed by atoms with Crippen LogP contribution in [0.4, 0.5) is 5.69 Å². The standard InChI is InChI=1S/C11H14N2O2S/c1-3-16(14,15)11-6-4-10(5-7-11)13-9(2)8-12/h4-7,9,13H,3H2,1-2H3. The van der Waals surface area contributed by atoms with E-state index in [1.807, 2.05) is 6.07 Å². The average molecular weight is 238 g/mol. The molecule has 0 saturated carbocycles. The first-order valence-corrected chi connectivity index (χ1v) is 6.64. The van der Waals surface area contributed by atoms with Crippen LogP contribution >= 0.6 is 0 Å². The highest BCUT2D eigenvalue weighted by atomic mass is 32.2. The summed E-state index contributed by atoms with van der Waals surface area (Å²) in [6, 6.07) is 8.16. The number of hydrogen-bond acceptors (Lipinski definition) is 4. The Kier molecular flexibility index (Phi) is 3.91. The summed E-state index contributed by atoms with van der Waals surface area (Å²) in [5.41, 5.74) is 0.740. The lowest BCUT2D eigenvalue weighted by molar-refractivity contribution is 0.597. The van der Waals surface area contributed by atoms with Gasteiger partial charge in [0, 0.05) is 5.69 Å². The molecule has 0 aliphatic heterocycles. The van der Waals surface area contributed by atoms with Crippen LogP contribution in [0.15, 0.2) is 29.2 Å². The molecule has 0 fully saturated rings. The summed E-state index contributed by atoms with van der Waals surface area (Å²) in [6.45, 7) is 3.34. The van der Waals surface area contributed by atoms with Gasteiger partial charge in [-0.3, -0.25) is 0 Å². The normalized spacial score (nSPS) is 12.8. The zero-order valence-electron chi connectivity index (χ0n) is 9.27. The van der Waals surface area contributed by atoms with E-state index < -0.39 is 9.84 Å². The first kappa shape index (κ1) is 12.5. The number of nitriles is 1. The van der Waals surface area contributed by atoms with Crippen molar-refractivity contribution in [3.05, 3.63) is 24.3 Å². The molecule has 0 heterocycles. The van der Waals surface area contributed by atoms with E-state index in [9.17, 15) is 8.42 Å². The van der Waals surface area contributed by atoms with Crippen molar-refractivity contribution < 1.29 is 8.42 Å². The SMILES string of the molecule is CCS(=O)(=O)c1ccc(NC(C)C#N)cc1. The third kappa shape index (κ3) is 2.97. The maximum absolute atomic E-state index is 11.5. The molecule has 1 aromatic carbocycles. The van der Waals surface area contributed by atoms with E-state index in [-0.39, 0.29) is 11.8 Å². The Morgan fingerprint density at radius 2 is 1.94 bits per heavy atom. The van der Waals surface area contributed by atoms with Gasteiger partial charge in [0.05, 0.1) is 16.7 Å². The molecular formula is C11H14N2O2S.